The van der Waals surface area contributed by atoms with Crippen molar-refractivity contribution in [2.24, 2.45) is 5.41 Å². The Labute approximate surface area is 90.3 Å². The summed E-state index contributed by atoms with van der Waals surface area (Å²) in [4.78, 5) is 13.1. The molecule has 1 heterocycles. The van der Waals surface area contributed by atoms with E-state index in [1.807, 2.05) is 18.7 Å². The first kappa shape index (κ1) is 12.4. The minimum Gasteiger partial charge on any atom is -0.480 e. The number of carboxylic acid groups (broad SMARTS) is 1. The zero-order valence-corrected chi connectivity index (χ0v) is 9.50. The summed E-state index contributed by atoms with van der Waals surface area (Å²) in [6, 6.07) is -0.460. The largest absolute Gasteiger partial charge is 0.480 e. The average molecular weight is 217 g/mol. The van der Waals surface area contributed by atoms with Gasteiger partial charge in [-0.2, -0.15) is 0 Å². The summed E-state index contributed by atoms with van der Waals surface area (Å²) in [7, 11) is 0. The van der Waals surface area contributed by atoms with E-state index in [1.165, 1.54) is 0 Å². The van der Waals surface area contributed by atoms with Crippen molar-refractivity contribution >= 4 is 5.97 Å². The van der Waals surface area contributed by atoms with Gasteiger partial charge in [-0.15, -0.1) is 0 Å². The Morgan fingerprint density at radius 2 is 2.27 bits per heavy atom. The van der Waals surface area contributed by atoms with Crippen LogP contribution in [0.5, 0.6) is 0 Å². The molecule has 1 fully saturated rings. The van der Waals surface area contributed by atoms with Crippen LogP contribution in [0.15, 0.2) is 0 Å². The van der Waals surface area contributed by atoms with Crippen molar-refractivity contribution in [2.75, 3.05) is 19.8 Å². The fraction of sp³-hybridized carbons (Fsp3) is 0.909. The van der Waals surface area contributed by atoms with Crippen LogP contribution in [-0.4, -0.2) is 41.8 Å². The molecule has 0 saturated carbocycles. The average Bonchev–Trinajstić information content (AvgIpc) is 2.12. The quantitative estimate of drug-likeness (QED) is 0.782. The molecule has 0 aromatic heterocycles. The lowest BCUT2D eigenvalue weighted by Crippen LogP contribution is -2.54. The molecule has 0 aromatic rings. The molecule has 15 heavy (non-hydrogen) atoms. The molecular weight excluding hydrogens is 197 g/mol. The number of rotatable bonds is 4. The van der Waals surface area contributed by atoms with E-state index >= 15 is 0 Å². The predicted molar refractivity (Wildman–Crippen MR) is 56.6 cm³/mol. The van der Waals surface area contributed by atoms with Crippen LogP contribution in [0.4, 0.5) is 4.39 Å². The molecule has 0 aromatic carbocycles. The summed E-state index contributed by atoms with van der Waals surface area (Å²) in [5.41, 5.74) is -0.208. The molecule has 1 atom stereocenters. The van der Waals surface area contributed by atoms with Crippen molar-refractivity contribution < 1.29 is 14.3 Å². The summed E-state index contributed by atoms with van der Waals surface area (Å²) in [5, 5.41) is 9.21. The van der Waals surface area contributed by atoms with Crippen molar-refractivity contribution in [3.63, 3.8) is 0 Å². The number of aliphatic carboxylic acids is 1. The van der Waals surface area contributed by atoms with Gasteiger partial charge in [0.2, 0.25) is 0 Å². The second-order valence-corrected chi connectivity index (χ2v) is 4.91. The normalized spacial score (nSPS) is 26.5. The predicted octanol–water partition coefficient (Wildman–Crippen LogP) is 1.92. The van der Waals surface area contributed by atoms with E-state index < -0.39 is 12.0 Å². The smallest absolute Gasteiger partial charge is 0.321 e. The maximum absolute atomic E-state index is 12.1. The van der Waals surface area contributed by atoms with E-state index in [9.17, 15) is 14.3 Å². The molecule has 3 nitrogen and oxygen atoms in total. The van der Waals surface area contributed by atoms with Crippen molar-refractivity contribution in [3.8, 4) is 0 Å². The van der Waals surface area contributed by atoms with Gasteiger partial charge in [-0.1, -0.05) is 13.8 Å². The number of nitrogens with zero attached hydrogens (tertiary/aromatic N) is 1. The highest BCUT2D eigenvalue weighted by molar-refractivity contribution is 5.74. The molecule has 4 heteroatoms. The number of piperidine rings is 1. The Balaban J connectivity index is 2.71. The van der Waals surface area contributed by atoms with E-state index in [0.717, 1.165) is 19.4 Å². The van der Waals surface area contributed by atoms with Crippen molar-refractivity contribution in [1.82, 2.24) is 4.90 Å². The fourth-order valence-electron chi connectivity index (χ4n) is 2.49. The van der Waals surface area contributed by atoms with Gasteiger partial charge in [-0.25, -0.2) is 0 Å². The molecule has 88 valence electrons. The molecule has 0 spiro atoms. The van der Waals surface area contributed by atoms with Gasteiger partial charge in [-0.05, 0) is 31.2 Å². The molecule has 1 aliphatic rings. The molecule has 1 rings (SSSR count). The molecule has 1 aliphatic heterocycles. The van der Waals surface area contributed by atoms with Crippen LogP contribution in [0.2, 0.25) is 0 Å². The van der Waals surface area contributed by atoms with Crippen molar-refractivity contribution in [3.05, 3.63) is 0 Å². The minimum absolute atomic E-state index is 0.208. The van der Waals surface area contributed by atoms with E-state index in [1.54, 1.807) is 0 Å². The molecule has 1 unspecified atom stereocenters. The van der Waals surface area contributed by atoms with E-state index in [2.05, 4.69) is 0 Å². The molecule has 0 amide bonds. The fourth-order valence-corrected chi connectivity index (χ4v) is 2.49. The molecule has 0 radical (unpaired) electrons. The second kappa shape index (κ2) is 4.92. The second-order valence-electron chi connectivity index (χ2n) is 4.91. The lowest BCUT2D eigenvalue weighted by Gasteiger charge is -2.44. The van der Waals surface area contributed by atoms with Gasteiger partial charge in [0, 0.05) is 6.54 Å². The summed E-state index contributed by atoms with van der Waals surface area (Å²) >= 11 is 0. The van der Waals surface area contributed by atoms with Gasteiger partial charge in [0.15, 0.2) is 0 Å². The number of halogens is 1. The maximum Gasteiger partial charge on any atom is 0.321 e. The third-order valence-electron chi connectivity index (χ3n) is 3.18. The molecule has 1 saturated heterocycles. The SMILES string of the molecule is CC1(C)CCCN(CCCF)C1C(=O)O. The van der Waals surface area contributed by atoms with E-state index in [4.69, 9.17) is 0 Å². The van der Waals surface area contributed by atoms with Crippen LogP contribution in [0.3, 0.4) is 0 Å². The highest BCUT2D eigenvalue weighted by atomic mass is 19.1. The van der Waals surface area contributed by atoms with E-state index in [-0.39, 0.29) is 12.1 Å². The van der Waals surface area contributed by atoms with Gasteiger partial charge in [0.25, 0.3) is 0 Å². The monoisotopic (exact) mass is 217 g/mol. The van der Waals surface area contributed by atoms with Crippen molar-refractivity contribution in [1.29, 1.82) is 0 Å². The Bertz CT molecular complexity index is 231. The third kappa shape index (κ3) is 2.91. The Morgan fingerprint density at radius 3 is 2.80 bits per heavy atom. The molecule has 1 N–H and O–H groups in total. The number of hydrogen-bond donors (Lipinski definition) is 1. The number of likely N-dealkylation sites (tertiary alicyclic amines) is 1. The van der Waals surface area contributed by atoms with Gasteiger partial charge in [0.05, 0.1) is 6.67 Å². The third-order valence-corrected chi connectivity index (χ3v) is 3.18. The van der Waals surface area contributed by atoms with Gasteiger partial charge >= 0.3 is 5.97 Å². The Kier molecular flexibility index (Phi) is 4.08. The first-order chi connectivity index (χ1) is 6.99. The van der Waals surface area contributed by atoms with Crippen LogP contribution in [0.25, 0.3) is 0 Å². The number of alkyl halides is 1. The van der Waals surface area contributed by atoms with Crippen LogP contribution in [0, 0.1) is 5.41 Å². The van der Waals surface area contributed by atoms with Gasteiger partial charge < -0.3 is 5.11 Å². The molecular formula is C11H20FNO2. The zero-order chi connectivity index (χ0) is 11.5. The molecule has 0 aliphatic carbocycles. The van der Waals surface area contributed by atoms with Gasteiger partial charge in [-0.3, -0.25) is 14.1 Å². The van der Waals surface area contributed by atoms with Crippen LogP contribution >= 0.6 is 0 Å². The summed E-state index contributed by atoms with van der Waals surface area (Å²) in [6.07, 6.45) is 2.36. The Hall–Kier alpha value is -0.640. The lowest BCUT2D eigenvalue weighted by molar-refractivity contribution is -0.150. The Morgan fingerprint density at radius 1 is 1.60 bits per heavy atom. The summed E-state index contributed by atoms with van der Waals surface area (Å²) in [5.74, 6) is -0.779. The highest BCUT2D eigenvalue weighted by Gasteiger charge is 2.41. The maximum atomic E-state index is 12.1. The first-order valence-corrected chi connectivity index (χ1v) is 5.52. The summed E-state index contributed by atoms with van der Waals surface area (Å²) < 4.78 is 12.1. The van der Waals surface area contributed by atoms with Crippen LogP contribution in [-0.2, 0) is 4.79 Å². The molecule has 0 bridgehead atoms. The number of hydrogen-bond acceptors (Lipinski definition) is 2. The lowest BCUT2D eigenvalue weighted by atomic mass is 9.76. The van der Waals surface area contributed by atoms with Crippen molar-refractivity contribution in [2.45, 2.75) is 39.2 Å². The zero-order valence-electron chi connectivity index (χ0n) is 9.50. The minimum atomic E-state index is -0.779. The summed E-state index contributed by atoms with van der Waals surface area (Å²) in [6.45, 7) is 4.92. The van der Waals surface area contributed by atoms with Crippen LogP contribution < -0.4 is 0 Å². The number of carbonyl (C=O) groups is 1. The van der Waals surface area contributed by atoms with Gasteiger partial charge in [0.1, 0.15) is 6.04 Å². The number of carboxylic acids is 1. The topological polar surface area (TPSA) is 40.5 Å². The van der Waals surface area contributed by atoms with E-state index in [0.29, 0.717) is 13.0 Å². The first-order valence-electron chi connectivity index (χ1n) is 5.52. The van der Waals surface area contributed by atoms with Crippen LogP contribution in [0.1, 0.15) is 33.1 Å². The standard InChI is InChI=1S/C11H20FNO2/c1-11(2)5-3-7-13(8-4-6-12)9(11)10(14)15/h9H,3-8H2,1-2H3,(H,14,15). The highest BCUT2D eigenvalue weighted by Crippen LogP contribution is 2.35.